The molecule has 2 rings (SSSR count). The van der Waals surface area contributed by atoms with Crippen LogP contribution in [0.5, 0.6) is 11.5 Å². The van der Waals surface area contributed by atoms with Crippen LogP contribution >= 0.6 is 52.3 Å². The molecule has 0 bridgehead atoms. The van der Waals surface area contributed by atoms with E-state index in [1.807, 2.05) is 30.3 Å². The van der Waals surface area contributed by atoms with Crippen molar-refractivity contribution >= 4 is 52.3 Å². The minimum atomic E-state index is 0. The maximum Gasteiger partial charge on any atom is 0.175 e. The van der Waals surface area contributed by atoms with E-state index in [2.05, 4.69) is 46.1 Å². The van der Waals surface area contributed by atoms with Crippen LogP contribution in [-0.4, -0.2) is 38.2 Å². The third-order valence-electron chi connectivity index (χ3n) is 4.64. The Kier molecular flexibility index (Phi) is 15.6. The first kappa shape index (κ1) is 29.3. The van der Waals surface area contributed by atoms with E-state index in [1.54, 1.807) is 7.11 Å². The molecule has 0 radical (unpaired) electrons. The van der Waals surface area contributed by atoms with Gasteiger partial charge < -0.3 is 19.7 Å². The van der Waals surface area contributed by atoms with E-state index in [0.717, 1.165) is 65.5 Å². The summed E-state index contributed by atoms with van der Waals surface area (Å²) in [6.07, 6.45) is 1.14. The number of ether oxygens (including phenoxy) is 2. The average Bonchev–Trinajstić information content (AvgIpc) is 2.70. The number of methoxy groups -OCH3 is 1. The van der Waals surface area contributed by atoms with Crippen molar-refractivity contribution in [1.82, 2.24) is 10.2 Å². The number of hydrogen-bond acceptors (Lipinski definition) is 4. The van der Waals surface area contributed by atoms with Crippen molar-refractivity contribution in [1.29, 1.82) is 0 Å². The first-order chi connectivity index (χ1) is 13.6. The Morgan fingerprint density at radius 3 is 2.30 bits per heavy atom. The first-order valence-corrected chi connectivity index (χ1v) is 10.9. The fraction of sp³-hybridized carbons (Fsp3) is 0.455. The Morgan fingerprint density at radius 2 is 1.70 bits per heavy atom. The minimum absolute atomic E-state index is 0. The lowest BCUT2D eigenvalue weighted by molar-refractivity contribution is 0.282. The Labute approximate surface area is 206 Å². The van der Waals surface area contributed by atoms with E-state index >= 15 is 0 Å². The lowest BCUT2D eigenvalue weighted by atomic mass is 10.2. The zero-order valence-corrected chi connectivity index (χ0v) is 21.7. The normalized spacial score (nSPS) is 10.3. The van der Waals surface area contributed by atoms with Gasteiger partial charge in [-0.15, -0.1) is 24.8 Å². The number of nitrogens with zero attached hydrogens (tertiary/aromatic N) is 1. The van der Waals surface area contributed by atoms with E-state index in [9.17, 15) is 0 Å². The van der Waals surface area contributed by atoms with Crippen molar-refractivity contribution in [2.24, 2.45) is 0 Å². The fourth-order valence-electron chi connectivity index (χ4n) is 2.95. The second kappa shape index (κ2) is 16.0. The lowest BCUT2D eigenvalue weighted by Crippen LogP contribution is -2.27. The quantitative estimate of drug-likeness (QED) is 0.317. The standard InChI is InChI=1S/C22H30BrClN2O2.2ClH/c1-4-26(5-2)12-6-11-25-15-18-13-20(23)22(21(14-18)27-3)28-16-17-7-9-19(24)10-8-17;;/h7-10,13-14,25H,4-6,11-12,15-16H2,1-3H3;2*1H. The van der Waals surface area contributed by atoms with Crippen LogP contribution in [0.3, 0.4) is 0 Å². The first-order valence-electron chi connectivity index (χ1n) is 9.74. The molecule has 1 N–H and O–H groups in total. The molecular formula is C22H32BrCl3N2O2. The molecule has 0 atom stereocenters. The number of halogens is 4. The number of nitrogens with one attached hydrogen (secondary N) is 1. The molecule has 0 saturated heterocycles. The number of benzene rings is 2. The van der Waals surface area contributed by atoms with Crippen LogP contribution in [0.15, 0.2) is 40.9 Å². The summed E-state index contributed by atoms with van der Waals surface area (Å²) in [6.45, 7) is 10.0. The van der Waals surface area contributed by atoms with Gasteiger partial charge in [-0.2, -0.15) is 0 Å². The molecule has 0 heterocycles. The second-order valence-electron chi connectivity index (χ2n) is 6.58. The van der Waals surface area contributed by atoms with Crippen LogP contribution in [0.2, 0.25) is 5.02 Å². The van der Waals surface area contributed by atoms with Gasteiger partial charge in [0.15, 0.2) is 11.5 Å². The van der Waals surface area contributed by atoms with E-state index in [4.69, 9.17) is 21.1 Å². The highest BCUT2D eigenvalue weighted by atomic mass is 79.9. The summed E-state index contributed by atoms with van der Waals surface area (Å²) in [5.74, 6) is 1.44. The topological polar surface area (TPSA) is 33.7 Å². The fourth-order valence-corrected chi connectivity index (χ4v) is 3.68. The maximum absolute atomic E-state index is 5.99. The summed E-state index contributed by atoms with van der Waals surface area (Å²) >= 11 is 9.56. The van der Waals surface area contributed by atoms with Crippen molar-refractivity contribution in [3.63, 3.8) is 0 Å². The van der Waals surface area contributed by atoms with E-state index in [-0.39, 0.29) is 24.8 Å². The Bertz CT molecular complexity index is 729. The van der Waals surface area contributed by atoms with Gasteiger partial charge >= 0.3 is 0 Å². The molecule has 2 aromatic carbocycles. The molecule has 8 heteroatoms. The summed E-state index contributed by atoms with van der Waals surface area (Å²) in [5, 5.41) is 4.23. The van der Waals surface area contributed by atoms with Crippen molar-refractivity contribution in [3.05, 3.63) is 57.0 Å². The van der Waals surface area contributed by atoms with Crippen LogP contribution in [0.25, 0.3) is 0 Å². The molecule has 30 heavy (non-hydrogen) atoms. The molecule has 2 aromatic rings. The third kappa shape index (κ3) is 9.63. The summed E-state index contributed by atoms with van der Waals surface area (Å²) in [4.78, 5) is 2.44. The predicted octanol–water partition coefficient (Wildman–Crippen LogP) is 6.36. The predicted molar refractivity (Wildman–Crippen MR) is 135 cm³/mol. The van der Waals surface area contributed by atoms with Gasteiger partial charge in [0.25, 0.3) is 0 Å². The molecule has 0 aliphatic carbocycles. The highest BCUT2D eigenvalue weighted by Crippen LogP contribution is 2.37. The lowest BCUT2D eigenvalue weighted by Gasteiger charge is -2.18. The maximum atomic E-state index is 5.99. The Hall–Kier alpha value is -0.690. The van der Waals surface area contributed by atoms with E-state index < -0.39 is 0 Å². The zero-order valence-electron chi connectivity index (χ0n) is 17.7. The summed E-state index contributed by atoms with van der Waals surface area (Å²) < 4.78 is 12.4. The minimum Gasteiger partial charge on any atom is -0.493 e. The van der Waals surface area contributed by atoms with Crippen LogP contribution in [-0.2, 0) is 13.2 Å². The Balaban J connectivity index is 0.00000420. The van der Waals surface area contributed by atoms with Gasteiger partial charge in [0.05, 0.1) is 11.6 Å². The number of rotatable bonds is 12. The monoisotopic (exact) mass is 540 g/mol. The van der Waals surface area contributed by atoms with Crippen molar-refractivity contribution in [2.45, 2.75) is 33.4 Å². The molecule has 0 amide bonds. The van der Waals surface area contributed by atoms with E-state index in [1.165, 1.54) is 0 Å². The largest absolute Gasteiger partial charge is 0.493 e. The van der Waals surface area contributed by atoms with Crippen LogP contribution in [0.1, 0.15) is 31.4 Å². The van der Waals surface area contributed by atoms with Gasteiger partial charge in [-0.05, 0) is 83.9 Å². The van der Waals surface area contributed by atoms with Crippen molar-refractivity contribution in [3.8, 4) is 11.5 Å². The molecule has 4 nitrogen and oxygen atoms in total. The van der Waals surface area contributed by atoms with Gasteiger partial charge in [0, 0.05) is 11.6 Å². The van der Waals surface area contributed by atoms with Gasteiger partial charge in [-0.25, -0.2) is 0 Å². The summed E-state index contributed by atoms with van der Waals surface area (Å²) in [6, 6.07) is 11.7. The van der Waals surface area contributed by atoms with Gasteiger partial charge in [-0.3, -0.25) is 0 Å². The molecule has 0 aliphatic heterocycles. The SMILES string of the molecule is CCN(CC)CCCNCc1cc(Br)c(OCc2ccc(Cl)cc2)c(OC)c1.Cl.Cl. The van der Waals surface area contributed by atoms with Gasteiger partial charge in [0.2, 0.25) is 0 Å². The molecule has 0 spiro atoms. The van der Waals surface area contributed by atoms with Crippen molar-refractivity contribution < 1.29 is 9.47 Å². The average molecular weight is 543 g/mol. The van der Waals surface area contributed by atoms with Crippen molar-refractivity contribution in [2.75, 3.05) is 33.3 Å². The Morgan fingerprint density at radius 1 is 1.03 bits per heavy atom. The van der Waals surface area contributed by atoms with Gasteiger partial charge in [-0.1, -0.05) is 37.6 Å². The molecule has 0 aliphatic rings. The summed E-state index contributed by atoms with van der Waals surface area (Å²) in [7, 11) is 1.66. The molecular weight excluding hydrogens is 511 g/mol. The molecule has 0 unspecified atom stereocenters. The molecule has 0 aromatic heterocycles. The molecule has 0 fully saturated rings. The van der Waals surface area contributed by atoms with Crippen LogP contribution < -0.4 is 14.8 Å². The third-order valence-corrected chi connectivity index (χ3v) is 5.48. The second-order valence-corrected chi connectivity index (χ2v) is 7.87. The molecule has 0 saturated carbocycles. The molecule has 170 valence electrons. The van der Waals surface area contributed by atoms with E-state index in [0.29, 0.717) is 12.4 Å². The highest BCUT2D eigenvalue weighted by Gasteiger charge is 2.12. The highest BCUT2D eigenvalue weighted by molar-refractivity contribution is 9.10. The zero-order chi connectivity index (χ0) is 20.4. The van der Waals surface area contributed by atoms with Crippen LogP contribution in [0, 0.1) is 0 Å². The van der Waals surface area contributed by atoms with Gasteiger partial charge in [0.1, 0.15) is 6.61 Å². The summed E-state index contributed by atoms with van der Waals surface area (Å²) in [5.41, 5.74) is 2.21. The number of hydrogen-bond donors (Lipinski definition) is 1. The smallest absolute Gasteiger partial charge is 0.175 e. The van der Waals surface area contributed by atoms with Crippen LogP contribution in [0.4, 0.5) is 0 Å².